The lowest BCUT2D eigenvalue weighted by molar-refractivity contribution is -0.149. The monoisotopic (exact) mass is 493 g/mol. The minimum absolute atomic E-state index is 0.192. The fourth-order valence-electron chi connectivity index (χ4n) is 4.92. The summed E-state index contributed by atoms with van der Waals surface area (Å²) < 4.78 is 5.33. The van der Waals surface area contributed by atoms with E-state index in [0.717, 1.165) is 40.8 Å². The molecule has 3 aromatic rings. The number of fused-ring (bicyclic) bond motifs is 3. The number of nitrogens with one attached hydrogen (secondary N) is 1. The molecule has 0 spiro atoms. The van der Waals surface area contributed by atoms with Crippen molar-refractivity contribution >= 4 is 45.3 Å². The Morgan fingerprint density at radius 2 is 1.94 bits per heavy atom. The van der Waals surface area contributed by atoms with E-state index in [1.54, 1.807) is 35.6 Å². The second-order valence-electron chi connectivity index (χ2n) is 8.88. The second-order valence-corrected chi connectivity index (χ2v) is 9.96. The van der Waals surface area contributed by atoms with E-state index >= 15 is 0 Å². The number of rotatable bonds is 6. The van der Waals surface area contributed by atoms with Crippen LogP contribution < -0.4 is 11.1 Å². The molecule has 0 radical (unpaired) electrons. The summed E-state index contributed by atoms with van der Waals surface area (Å²) in [5.41, 5.74) is 6.98. The van der Waals surface area contributed by atoms with Gasteiger partial charge in [-0.15, -0.1) is 11.3 Å². The molecule has 3 N–H and O–H groups in total. The maximum atomic E-state index is 13.2. The molecule has 1 aliphatic heterocycles. The lowest BCUT2D eigenvalue weighted by atomic mass is 9.87. The summed E-state index contributed by atoms with van der Waals surface area (Å²) in [4.78, 5) is 50.3. The SMILES string of the molecule is CCC1(c2ccccc2)NC(=O)N(CC(=O)OCc2nc(N)c3c4c(sc3n2)CCCCC4)C1=O. The van der Waals surface area contributed by atoms with Gasteiger partial charge in [0.25, 0.3) is 5.91 Å². The van der Waals surface area contributed by atoms with Crippen LogP contribution in [-0.4, -0.2) is 39.3 Å². The molecule has 1 aromatic carbocycles. The van der Waals surface area contributed by atoms with E-state index < -0.39 is 30.0 Å². The Balaban J connectivity index is 1.28. The van der Waals surface area contributed by atoms with Gasteiger partial charge in [0.2, 0.25) is 0 Å². The Morgan fingerprint density at radius 3 is 2.71 bits per heavy atom. The quantitative estimate of drug-likeness (QED) is 0.306. The van der Waals surface area contributed by atoms with Gasteiger partial charge < -0.3 is 15.8 Å². The van der Waals surface area contributed by atoms with E-state index in [-0.39, 0.29) is 6.61 Å². The smallest absolute Gasteiger partial charge is 0.326 e. The van der Waals surface area contributed by atoms with Crippen LogP contribution in [0.4, 0.5) is 10.6 Å². The van der Waals surface area contributed by atoms with Gasteiger partial charge in [-0.3, -0.25) is 14.5 Å². The van der Waals surface area contributed by atoms with E-state index in [0.29, 0.717) is 23.6 Å². The van der Waals surface area contributed by atoms with E-state index in [4.69, 9.17) is 10.5 Å². The number of thiophene rings is 1. The van der Waals surface area contributed by atoms with Crippen LogP contribution in [0.15, 0.2) is 30.3 Å². The number of urea groups is 1. The highest BCUT2D eigenvalue weighted by atomic mass is 32.1. The number of anilines is 1. The van der Waals surface area contributed by atoms with Gasteiger partial charge in [-0.2, -0.15) is 0 Å². The number of nitrogens with zero attached hydrogens (tertiary/aromatic N) is 3. The molecule has 3 amide bonds. The standard InChI is InChI=1S/C25H27N5O4S/c1-2-25(15-9-5-3-6-10-15)23(32)30(24(33)29-25)13-19(31)34-14-18-27-21(26)20-16-11-7-4-8-12-17(16)35-22(20)28-18/h3,5-6,9-10H,2,4,7-8,11-14H2,1H3,(H,29,33)(H2,26,27,28). The predicted octanol–water partition coefficient (Wildman–Crippen LogP) is 3.44. The number of hydrogen-bond acceptors (Lipinski definition) is 8. The fraction of sp³-hybridized carbons (Fsp3) is 0.400. The summed E-state index contributed by atoms with van der Waals surface area (Å²) in [5, 5.41) is 3.67. The molecule has 182 valence electrons. The van der Waals surface area contributed by atoms with Crippen molar-refractivity contribution in [2.45, 2.75) is 57.6 Å². The molecule has 9 nitrogen and oxygen atoms in total. The first-order chi connectivity index (χ1) is 16.9. The molecule has 1 atom stereocenters. The molecular formula is C25H27N5O4S. The number of amides is 3. The maximum Gasteiger partial charge on any atom is 0.326 e. The lowest BCUT2D eigenvalue weighted by Gasteiger charge is -2.25. The molecule has 5 rings (SSSR count). The van der Waals surface area contributed by atoms with Gasteiger partial charge in [0.05, 0.1) is 5.39 Å². The molecule has 2 aliphatic rings. The fourth-order valence-corrected chi connectivity index (χ4v) is 6.21. The van der Waals surface area contributed by atoms with Gasteiger partial charge in [-0.05, 0) is 43.2 Å². The third-order valence-electron chi connectivity index (χ3n) is 6.76. The first-order valence-corrected chi connectivity index (χ1v) is 12.7. The molecular weight excluding hydrogens is 466 g/mol. The van der Waals surface area contributed by atoms with Gasteiger partial charge in [-0.1, -0.05) is 43.7 Å². The third-order valence-corrected chi connectivity index (χ3v) is 7.95. The van der Waals surface area contributed by atoms with E-state index in [1.165, 1.54) is 16.9 Å². The Kier molecular flexibility index (Phi) is 6.14. The maximum absolute atomic E-state index is 13.2. The zero-order chi connectivity index (χ0) is 24.6. The number of nitrogen functional groups attached to an aromatic ring is 1. The number of nitrogens with two attached hydrogens (primary N) is 1. The van der Waals surface area contributed by atoms with Crippen molar-refractivity contribution in [2.24, 2.45) is 0 Å². The lowest BCUT2D eigenvalue weighted by Crippen LogP contribution is -2.44. The van der Waals surface area contributed by atoms with Crippen molar-refractivity contribution in [3.05, 3.63) is 52.2 Å². The van der Waals surface area contributed by atoms with Crippen LogP contribution in [0.3, 0.4) is 0 Å². The molecule has 0 bridgehead atoms. The molecule has 10 heteroatoms. The van der Waals surface area contributed by atoms with Crippen LogP contribution in [0.2, 0.25) is 0 Å². The van der Waals surface area contributed by atoms with Gasteiger partial charge in [-0.25, -0.2) is 14.8 Å². The Hall–Kier alpha value is -3.53. The van der Waals surface area contributed by atoms with Gasteiger partial charge in [0.15, 0.2) is 12.4 Å². The molecule has 0 saturated carbocycles. The van der Waals surface area contributed by atoms with Crippen LogP contribution in [-0.2, 0) is 39.3 Å². The highest BCUT2D eigenvalue weighted by Crippen LogP contribution is 2.37. The van der Waals surface area contributed by atoms with Crippen LogP contribution in [0, 0.1) is 0 Å². The largest absolute Gasteiger partial charge is 0.456 e. The topological polar surface area (TPSA) is 128 Å². The van der Waals surface area contributed by atoms with E-state index in [2.05, 4.69) is 15.3 Å². The predicted molar refractivity (Wildman–Crippen MR) is 132 cm³/mol. The van der Waals surface area contributed by atoms with Crippen LogP contribution in [0.5, 0.6) is 0 Å². The summed E-state index contributed by atoms with van der Waals surface area (Å²) >= 11 is 1.63. The Morgan fingerprint density at radius 1 is 1.17 bits per heavy atom. The first-order valence-electron chi connectivity index (χ1n) is 11.8. The molecule has 3 heterocycles. The molecule has 35 heavy (non-hydrogen) atoms. The molecule has 1 fully saturated rings. The third kappa shape index (κ3) is 4.12. The average molecular weight is 494 g/mol. The van der Waals surface area contributed by atoms with Crippen LogP contribution >= 0.6 is 11.3 Å². The average Bonchev–Trinajstić information content (AvgIpc) is 3.22. The van der Waals surface area contributed by atoms with Crippen molar-refractivity contribution < 1.29 is 19.1 Å². The number of hydrogen-bond donors (Lipinski definition) is 2. The summed E-state index contributed by atoms with van der Waals surface area (Å²) in [7, 11) is 0. The minimum Gasteiger partial charge on any atom is -0.456 e. The number of aromatic nitrogens is 2. The number of carbonyl (C=O) groups excluding carboxylic acids is 3. The van der Waals surface area contributed by atoms with Gasteiger partial charge >= 0.3 is 12.0 Å². The number of benzene rings is 1. The Bertz CT molecular complexity index is 1310. The number of carbonyl (C=O) groups is 3. The van der Waals surface area contributed by atoms with Crippen molar-refractivity contribution in [1.82, 2.24) is 20.2 Å². The molecule has 1 saturated heterocycles. The second kappa shape index (κ2) is 9.26. The minimum atomic E-state index is -1.20. The summed E-state index contributed by atoms with van der Waals surface area (Å²) in [5.74, 6) is -0.512. The summed E-state index contributed by atoms with van der Waals surface area (Å²) in [6.45, 7) is 1.13. The van der Waals surface area contributed by atoms with Crippen LogP contribution in [0.25, 0.3) is 10.2 Å². The van der Waals surface area contributed by atoms with Crippen molar-refractivity contribution in [1.29, 1.82) is 0 Å². The summed E-state index contributed by atoms with van der Waals surface area (Å²) in [6.07, 6.45) is 5.85. The number of aryl methyl sites for hydroxylation is 2. The number of esters is 1. The van der Waals surface area contributed by atoms with Gasteiger partial charge in [0.1, 0.15) is 22.7 Å². The van der Waals surface area contributed by atoms with E-state index in [1.807, 2.05) is 13.0 Å². The van der Waals surface area contributed by atoms with Crippen molar-refractivity contribution in [3.8, 4) is 0 Å². The Labute approximate surface area is 206 Å². The van der Waals surface area contributed by atoms with Crippen molar-refractivity contribution in [2.75, 3.05) is 12.3 Å². The zero-order valence-corrected chi connectivity index (χ0v) is 20.3. The molecule has 1 aliphatic carbocycles. The highest BCUT2D eigenvalue weighted by molar-refractivity contribution is 7.19. The molecule has 2 aromatic heterocycles. The van der Waals surface area contributed by atoms with E-state index in [9.17, 15) is 14.4 Å². The first kappa shape index (κ1) is 23.2. The number of imide groups is 1. The molecule has 1 unspecified atom stereocenters. The van der Waals surface area contributed by atoms with Crippen molar-refractivity contribution in [3.63, 3.8) is 0 Å². The summed E-state index contributed by atoms with van der Waals surface area (Å²) in [6, 6.07) is 8.38. The number of ether oxygens (including phenoxy) is 1. The normalized spacial score (nSPS) is 20.0. The zero-order valence-electron chi connectivity index (χ0n) is 19.5. The highest BCUT2D eigenvalue weighted by Gasteiger charge is 2.51. The van der Waals surface area contributed by atoms with Gasteiger partial charge in [0, 0.05) is 4.88 Å². The van der Waals surface area contributed by atoms with Crippen LogP contribution in [0.1, 0.15) is 54.4 Å².